The highest BCUT2D eigenvalue weighted by Crippen LogP contribution is 2.55. The lowest BCUT2D eigenvalue weighted by Gasteiger charge is -2.54. The Balaban J connectivity index is 2.19. The standard InChI is InChI=1S/C12H20O4S/c1-15-9-7-11(8-9,10(13)16-2)12(14)3-5-17-6-4-12/h9,14H,3-8H2,1-2H3. The van der Waals surface area contributed by atoms with E-state index < -0.39 is 11.0 Å². The van der Waals surface area contributed by atoms with Crippen LogP contribution in [0.15, 0.2) is 0 Å². The Kier molecular flexibility index (Phi) is 3.71. The van der Waals surface area contributed by atoms with E-state index >= 15 is 0 Å². The minimum atomic E-state index is -0.902. The Morgan fingerprint density at radius 2 is 1.88 bits per heavy atom. The fraction of sp³-hybridized carbons (Fsp3) is 0.917. The first kappa shape index (κ1) is 13.2. The fourth-order valence-electron chi connectivity index (χ4n) is 3.00. The molecule has 17 heavy (non-hydrogen) atoms. The SMILES string of the molecule is COC(=O)C1(C2(O)CCSCC2)CC(OC)C1. The summed E-state index contributed by atoms with van der Waals surface area (Å²) < 4.78 is 10.2. The first-order valence-corrected chi connectivity index (χ1v) is 7.15. The normalized spacial score (nSPS) is 36.1. The summed E-state index contributed by atoms with van der Waals surface area (Å²) in [7, 11) is 3.04. The lowest BCUT2D eigenvalue weighted by atomic mass is 9.55. The van der Waals surface area contributed by atoms with E-state index in [0.29, 0.717) is 25.7 Å². The Morgan fingerprint density at radius 3 is 2.35 bits per heavy atom. The van der Waals surface area contributed by atoms with Crippen molar-refractivity contribution >= 4 is 17.7 Å². The number of esters is 1. The maximum absolute atomic E-state index is 12.0. The molecule has 2 fully saturated rings. The zero-order valence-electron chi connectivity index (χ0n) is 10.4. The quantitative estimate of drug-likeness (QED) is 0.773. The Bertz CT molecular complexity index is 293. The third kappa shape index (κ3) is 1.98. The summed E-state index contributed by atoms with van der Waals surface area (Å²) in [6.45, 7) is 0. The maximum Gasteiger partial charge on any atom is 0.314 e. The molecule has 0 spiro atoms. The zero-order chi connectivity index (χ0) is 12.5. The minimum absolute atomic E-state index is 0.0766. The number of rotatable bonds is 3. The van der Waals surface area contributed by atoms with Crippen molar-refractivity contribution in [1.29, 1.82) is 0 Å². The molecule has 0 radical (unpaired) electrons. The van der Waals surface area contributed by atoms with Crippen molar-refractivity contribution in [2.24, 2.45) is 5.41 Å². The molecule has 1 saturated heterocycles. The van der Waals surface area contributed by atoms with Gasteiger partial charge in [-0.1, -0.05) is 0 Å². The molecular weight excluding hydrogens is 240 g/mol. The molecule has 98 valence electrons. The zero-order valence-corrected chi connectivity index (χ0v) is 11.2. The molecule has 0 amide bonds. The number of methoxy groups -OCH3 is 2. The summed E-state index contributed by atoms with van der Waals surface area (Å²) in [5.74, 6) is 1.54. The van der Waals surface area contributed by atoms with Crippen LogP contribution < -0.4 is 0 Å². The first-order chi connectivity index (χ1) is 8.08. The summed E-state index contributed by atoms with van der Waals surface area (Å²) in [5, 5.41) is 10.8. The van der Waals surface area contributed by atoms with Crippen molar-refractivity contribution in [3.8, 4) is 0 Å². The fourth-order valence-corrected chi connectivity index (χ4v) is 4.17. The molecular formula is C12H20O4S. The predicted molar refractivity (Wildman–Crippen MR) is 66.0 cm³/mol. The second kappa shape index (κ2) is 4.78. The van der Waals surface area contributed by atoms with Crippen LogP contribution in [0.1, 0.15) is 25.7 Å². The van der Waals surface area contributed by atoms with Crippen LogP contribution in [-0.4, -0.2) is 48.5 Å². The van der Waals surface area contributed by atoms with E-state index in [1.54, 1.807) is 7.11 Å². The molecule has 0 aromatic carbocycles. The van der Waals surface area contributed by atoms with Crippen LogP contribution in [0.25, 0.3) is 0 Å². The van der Waals surface area contributed by atoms with Gasteiger partial charge in [-0.05, 0) is 37.2 Å². The van der Waals surface area contributed by atoms with Crippen LogP contribution >= 0.6 is 11.8 Å². The lowest BCUT2D eigenvalue weighted by Crippen LogP contribution is -2.63. The van der Waals surface area contributed by atoms with E-state index in [-0.39, 0.29) is 12.1 Å². The van der Waals surface area contributed by atoms with Gasteiger partial charge in [-0.2, -0.15) is 11.8 Å². The number of carbonyl (C=O) groups excluding carboxylic acids is 1. The molecule has 0 aromatic heterocycles. The van der Waals surface area contributed by atoms with Gasteiger partial charge in [-0.15, -0.1) is 0 Å². The number of aliphatic hydroxyl groups is 1. The summed E-state index contributed by atoms with van der Waals surface area (Å²) in [4.78, 5) is 12.0. The van der Waals surface area contributed by atoms with Gasteiger partial charge in [-0.3, -0.25) is 4.79 Å². The third-order valence-electron chi connectivity index (χ3n) is 4.27. The molecule has 2 rings (SSSR count). The van der Waals surface area contributed by atoms with Crippen molar-refractivity contribution in [2.75, 3.05) is 25.7 Å². The van der Waals surface area contributed by atoms with Crippen molar-refractivity contribution in [3.63, 3.8) is 0 Å². The largest absolute Gasteiger partial charge is 0.469 e. The number of thioether (sulfide) groups is 1. The second-order valence-corrected chi connectivity index (χ2v) is 6.21. The average Bonchev–Trinajstić information content (AvgIpc) is 2.28. The van der Waals surface area contributed by atoms with Crippen molar-refractivity contribution in [2.45, 2.75) is 37.4 Å². The summed E-state index contributed by atoms with van der Waals surface area (Å²) in [6.07, 6.45) is 2.58. The minimum Gasteiger partial charge on any atom is -0.469 e. The van der Waals surface area contributed by atoms with Crippen LogP contribution in [0.5, 0.6) is 0 Å². The molecule has 2 aliphatic rings. The molecule has 0 atom stereocenters. The van der Waals surface area contributed by atoms with E-state index in [9.17, 15) is 9.90 Å². The lowest BCUT2D eigenvalue weighted by molar-refractivity contribution is -0.210. The molecule has 0 aromatic rings. The van der Waals surface area contributed by atoms with Gasteiger partial charge in [0.25, 0.3) is 0 Å². The second-order valence-electron chi connectivity index (χ2n) is 4.98. The van der Waals surface area contributed by atoms with Gasteiger partial charge < -0.3 is 14.6 Å². The summed E-state index contributed by atoms with van der Waals surface area (Å²) in [6, 6.07) is 0. The maximum atomic E-state index is 12.0. The number of hydrogen-bond acceptors (Lipinski definition) is 5. The highest BCUT2D eigenvalue weighted by Gasteiger charge is 2.63. The van der Waals surface area contributed by atoms with Crippen LogP contribution in [0.2, 0.25) is 0 Å². The van der Waals surface area contributed by atoms with Gasteiger partial charge in [0.1, 0.15) is 5.41 Å². The molecule has 1 N–H and O–H groups in total. The van der Waals surface area contributed by atoms with Gasteiger partial charge in [-0.25, -0.2) is 0 Å². The Hall–Kier alpha value is -0.260. The topological polar surface area (TPSA) is 55.8 Å². The van der Waals surface area contributed by atoms with Gasteiger partial charge in [0, 0.05) is 7.11 Å². The predicted octanol–water partition coefficient (Wildman–Crippen LogP) is 1.21. The Morgan fingerprint density at radius 1 is 1.29 bits per heavy atom. The molecule has 0 bridgehead atoms. The van der Waals surface area contributed by atoms with Crippen LogP contribution in [0.4, 0.5) is 0 Å². The van der Waals surface area contributed by atoms with E-state index in [4.69, 9.17) is 9.47 Å². The first-order valence-electron chi connectivity index (χ1n) is 5.99. The highest BCUT2D eigenvalue weighted by molar-refractivity contribution is 7.99. The van der Waals surface area contributed by atoms with Crippen LogP contribution in [0.3, 0.4) is 0 Å². The third-order valence-corrected chi connectivity index (χ3v) is 5.26. The summed E-state index contributed by atoms with van der Waals surface area (Å²) in [5.41, 5.74) is -1.64. The highest BCUT2D eigenvalue weighted by atomic mass is 32.2. The monoisotopic (exact) mass is 260 g/mol. The summed E-state index contributed by atoms with van der Waals surface area (Å²) >= 11 is 1.83. The number of hydrogen-bond donors (Lipinski definition) is 1. The average molecular weight is 260 g/mol. The van der Waals surface area contributed by atoms with Gasteiger partial charge in [0.05, 0.1) is 18.8 Å². The van der Waals surface area contributed by atoms with Crippen molar-refractivity contribution in [3.05, 3.63) is 0 Å². The molecule has 1 saturated carbocycles. The van der Waals surface area contributed by atoms with E-state index in [1.807, 2.05) is 11.8 Å². The van der Waals surface area contributed by atoms with E-state index in [1.165, 1.54) is 7.11 Å². The smallest absolute Gasteiger partial charge is 0.314 e. The van der Waals surface area contributed by atoms with Gasteiger partial charge in [0.15, 0.2) is 0 Å². The number of ether oxygens (including phenoxy) is 2. The van der Waals surface area contributed by atoms with Gasteiger partial charge >= 0.3 is 5.97 Å². The molecule has 1 aliphatic heterocycles. The molecule has 4 nitrogen and oxygen atoms in total. The van der Waals surface area contributed by atoms with Crippen molar-refractivity contribution < 1.29 is 19.4 Å². The number of carbonyl (C=O) groups is 1. The molecule has 0 unspecified atom stereocenters. The molecule has 1 aliphatic carbocycles. The van der Waals surface area contributed by atoms with Gasteiger partial charge in [0.2, 0.25) is 0 Å². The van der Waals surface area contributed by atoms with E-state index in [2.05, 4.69) is 0 Å². The van der Waals surface area contributed by atoms with Crippen LogP contribution in [-0.2, 0) is 14.3 Å². The van der Waals surface area contributed by atoms with Crippen molar-refractivity contribution in [1.82, 2.24) is 0 Å². The Labute approximate surface area is 106 Å². The molecule has 1 heterocycles. The van der Waals surface area contributed by atoms with E-state index in [0.717, 1.165) is 11.5 Å². The molecule has 5 heteroatoms. The van der Waals surface area contributed by atoms with Crippen LogP contribution in [0, 0.1) is 5.41 Å².